The summed E-state index contributed by atoms with van der Waals surface area (Å²) in [7, 11) is 0. The molecule has 0 amide bonds. The van der Waals surface area contributed by atoms with Gasteiger partial charge in [-0.3, -0.25) is 4.57 Å². The molecule has 7 aromatic carbocycles. The van der Waals surface area contributed by atoms with Gasteiger partial charge in [0.2, 0.25) is 0 Å². The monoisotopic (exact) mass is 586 g/mol. The van der Waals surface area contributed by atoms with Crippen LogP contribution >= 0.6 is 0 Å². The first-order valence-electron chi connectivity index (χ1n) is 15.6. The van der Waals surface area contributed by atoms with E-state index < -0.39 is 0 Å². The normalized spacial score (nSPS) is 11.9. The Morgan fingerprint density at radius 2 is 1.02 bits per heavy atom. The van der Waals surface area contributed by atoms with Gasteiger partial charge in [-0.1, -0.05) is 103 Å². The van der Waals surface area contributed by atoms with E-state index >= 15 is 0 Å². The van der Waals surface area contributed by atoms with Crippen molar-refractivity contribution in [2.24, 2.45) is 0 Å². The maximum atomic E-state index is 5.48. The highest BCUT2D eigenvalue weighted by atomic mass is 15.1. The summed E-state index contributed by atoms with van der Waals surface area (Å²) in [4.78, 5) is 10.7. The van der Waals surface area contributed by atoms with E-state index in [-0.39, 0.29) is 0 Å². The molecule has 10 aromatic rings. The molecule has 0 fully saturated rings. The third-order valence-electron chi connectivity index (χ3n) is 9.29. The Morgan fingerprint density at radius 3 is 1.85 bits per heavy atom. The van der Waals surface area contributed by atoms with E-state index in [1.807, 2.05) is 0 Å². The van der Waals surface area contributed by atoms with E-state index in [4.69, 9.17) is 9.97 Å². The average Bonchev–Trinajstić information content (AvgIpc) is 3.63. The molecule has 3 heterocycles. The van der Waals surface area contributed by atoms with Crippen LogP contribution in [0.25, 0.3) is 88.2 Å². The lowest BCUT2D eigenvalue weighted by Crippen LogP contribution is -2.03. The zero-order valence-corrected chi connectivity index (χ0v) is 24.8. The number of fused-ring (bicyclic) bond motifs is 8. The molecule has 0 spiro atoms. The predicted molar refractivity (Wildman–Crippen MR) is 191 cm³/mol. The van der Waals surface area contributed by atoms with Crippen molar-refractivity contribution in [3.05, 3.63) is 158 Å². The molecule has 0 aliphatic carbocycles. The van der Waals surface area contributed by atoms with E-state index in [1.165, 1.54) is 26.9 Å². The van der Waals surface area contributed by atoms with Crippen molar-refractivity contribution in [3.63, 3.8) is 0 Å². The van der Waals surface area contributed by atoms with Crippen LogP contribution < -0.4 is 0 Å². The summed E-state index contributed by atoms with van der Waals surface area (Å²) in [6.07, 6.45) is 0. The highest BCUT2D eigenvalue weighted by molar-refractivity contribution is 6.16. The smallest absolute Gasteiger partial charge is 0.162 e. The number of benzene rings is 7. The molecule has 0 saturated heterocycles. The van der Waals surface area contributed by atoms with E-state index in [2.05, 4.69) is 167 Å². The standard InChI is InChI=1S/C42H26N4/c1-2-15-29(16-3-1)45-37-23-11-8-19-32(37)40-33(20-12-24-38(40)45)41-43-35-21-9-6-18-31(35)42(44-41)46-36-22-10-7-17-30(36)34-25-27-13-4-5-14-28(27)26-39(34)46/h1-26H. The maximum absolute atomic E-state index is 5.48. The molecule has 0 unspecified atom stereocenters. The summed E-state index contributed by atoms with van der Waals surface area (Å²) in [6.45, 7) is 0. The molecule has 3 aromatic heterocycles. The minimum absolute atomic E-state index is 0.710. The molecule has 0 aliphatic heterocycles. The summed E-state index contributed by atoms with van der Waals surface area (Å²) in [5.74, 6) is 1.59. The Labute approximate surface area is 264 Å². The Balaban J connectivity index is 1.33. The van der Waals surface area contributed by atoms with E-state index in [0.717, 1.165) is 55.4 Å². The van der Waals surface area contributed by atoms with Gasteiger partial charge in [0, 0.05) is 38.2 Å². The molecule has 0 saturated carbocycles. The van der Waals surface area contributed by atoms with Crippen LogP contribution in [0.1, 0.15) is 0 Å². The molecule has 10 rings (SSSR count). The van der Waals surface area contributed by atoms with E-state index in [9.17, 15) is 0 Å². The fourth-order valence-electron chi connectivity index (χ4n) is 7.30. The second-order valence-corrected chi connectivity index (χ2v) is 11.8. The number of hydrogen-bond acceptors (Lipinski definition) is 2. The van der Waals surface area contributed by atoms with Crippen LogP contribution in [0.2, 0.25) is 0 Å². The van der Waals surface area contributed by atoms with Crippen molar-refractivity contribution in [2.75, 3.05) is 0 Å². The first kappa shape index (κ1) is 25.1. The molecular weight excluding hydrogens is 560 g/mol. The van der Waals surface area contributed by atoms with Gasteiger partial charge >= 0.3 is 0 Å². The van der Waals surface area contributed by atoms with Crippen LogP contribution in [-0.2, 0) is 0 Å². The van der Waals surface area contributed by atoms with Gasteiger partial charge < -0.3 is 4.57 Å². The van der Waals surface area contributed by atoms with Crippen LogP contribution in [0.15, 0.2) is 158 Å². The first-order chi connectivity index (χ1) is 22.8. The number of rotatable bonds is 3. The van der Waals surface area contributed by atoms with E-state index in [0.29, 0.717) is 5.82 Å². The number of nitrogens with zero attached hydrogens (tertiary/aromatic N) is 4. The minimum Gasteiger partial charge on any atom is -0.309 e. The number of aromatic nitrogens is 4. The minimum atomic E-state index is 0.710. The summed E-state index contributed by atoms with van der Waals surface area (Å²) in [5.41, 5.74) is 7.61. The van der Waals surface area contributed by atoms with E-state index in [1.54, 1.807) is 0 Å². The van der Waals surface area contributed by atoms with Crippen LogP contribution in [0.5, 0.6) is 0 Å². The Morgan fingerprint density at radius 1 is 0.391 bits per heavy atom. The van der Waals surface area contributed by atoms with Gasteiger partial charge in [-0.15, -0.1) is 0 Å². The third-order valence-corrected chi connectivity index (χ3v) is 9.29. The van der Waals surface area contributed by atoms with Crippen molar-refractivity contribution in [2.45, 2.75) is 0 Å². The first-order valence-corrected chi connectivity index (χ1v) is 15.6. The fourth-order valence-corrected chi connectivity index (χ4v) is 7.30. The SMILES string of the molecule is c1ccc(-n2c3ccccc3c3c(-c4nc(-n5c6ccccc6c6cc7ccccc7cc65)c5ccccc5n4)cccc32)cc1. The second-order valence-electron chi connectivity index (χ2n) is 11.8. The molecule has 0 aliphatic rings. The lowest BCUT2D eigenvalue weighted by Gasteiger charge is -2.13. The average molecular weight is 587 g/mol. The fraction of sp³-hybridized carbons (Fsp3) is 0. The van der Waals surface area contributed by atoms with Gasteiger partial charge in [-0.05, 0) is 65.4 Å². The zero-order valence-electron chi connectivity index (χ0n) is 24.8. The molecule has 0 bridgehead atoms. The van der Waals surface area contributed by atoms with Crippen molar-refractivity contribution in [3.8, 4) is 22.9 Å². The zero-order chi connectivity index (χ0) is 30.2. The van der Waals surface area contributed by atoms with Crippen LogP contribution in [0.4, 0.5) is 0 Å². The van der Waals surface area contributed by atoms with Crippen LogP contribution in [0, 0.1) is 0 Å². The number of hydrogen-bond donors (Lipinski definition) is 0. The van der Waals surface area contributed by atoms with Gasteiger partial charge in [-0.25, -0.2) is 9.97 Å². The summed E-state index contributed by atoms with van der Waals surface area (Å²) >= 11 is 0. The molecule has 0 radical (unpaired) electrons. The van der Waals surface area contributed by atoms with Crippen LogP contribution in [0.3, 0.4) is 0 Å². The third kappa shape index (κ3) is 3.55. The second kappa shape index (κ2) is 9.62. The molecule has 0 N–H and O–H groups in total. The Kier molecular flexibility index (Phi) is 5.25. The van der Waals surface area contributed by atoms with Crippen molar-refractivity contribution >= 4 is 65.3 Å². The number of para-hydroxylation sites is 4. The van der Waals surface area contributed by atoms with Gasteiger partial charge in [0.15, 0.2) is 5.82 Å². The lowest BCUT2D eigenvalue weighted by molar-refractivity contribution is 1.08. The topological polar surface area (TPSA) is 35.6 Å². The largest absolute Gasteiger partial charge is 0.309 e. The Bertz CT molecular complexity index is 2810. The Hall–Kier alpha value is -6.26. The highest BCUT2D eigenvalue weighted by Crippen LogP contribution is 2.40. The van der Waals surface area contributed by atoms with Crippen molar-refractivity contribution in [1.29, 1.82) is 0 Å². The summed E-state index contributed by atoms with van der Waals surface area (Å²) in [5, 5.41) is 8.20. The van der Waals surface area contributed by atoms with Gasteiger partial charge in [-0.2, -0.15) is 0 Å². The lowest BCUT2D eigenvalue weighted by atomic mass is 10.1. The molecule has 46 heavy (non-hydrogen) atoms. The maximum Gasteiger partial charge on any atom is 0.162 e. The van der Waals surface area contributed by atoms with Gasteiger partial charge in [0.05, 0.1) is 27.6 Å². The summed E-state index contributed by atoms with van der Waals surface area (Å²) < 4.78 is 4.67. The molecule has 0 atom stereocenters. The predicted octanol–water partition coefficient (Wildman–Crippen LogP) is 10.6. The quantitative estimate of drug-likeness (QED) is 0.206. The van der Waals surface area contributed by atoms with Gasteiger partial charge in [0.1, 0.15) is 5.82 Å². The molecule has 214 valence electrons. The van der Waals surface area contributed by atoms with Crippen LogP contribution in [-0.4, -0.2) is 19.1 Å². The summed E-state index contributed by atoms with van der Waals surface area (Å²) in [6, 6.07) is 55.9. The molecule has 4 heteroatoms. The highest BCUT2D eigenvalue weighted by Gasteiger charge is 2.21. The van der Waals surface area contributed by atoms with Crippen molar-refractivity contribution < 1.29 is 0 Å². The molecular formula is C42H26N4. The van der Waals surface area contributed by atoms with Crippen molar-refractivity contribution in [1.82, 2.24) is 19.1 Å². The molecule has 4 nitrogen and oxygen atoms in total. The van der Waals surface area contributed by atoms with Gasteiger partial charge in [0.25, 0.3) is 0 Å².